The molecule has 2 atom stereocenters. The van der Waals surface area contributed by atoms with Gasteiger partial charge < -0.3 is 10.4 Å². The molecule has 0 bridgehead atoms. The summed E-state index contributed by atoms with van der Waals surface area (Å²) in [5.74, 6) is -2.55. The second kappa shape index (κ2) is 8.37. The Balaban J connectivity index is 1.79. The summed E-state index contributed by atoms with van der Waals surface area (Å²) in [4.78, 5) is 24.2. The maximum absolute atomic E-state index is 12.8. The van der Waals surface area contributed by atoms with Gasteiger partial charge in [-0.1, -0.05) is 41.4 Å². The van der Waals surface area contributed by atoms with Crippen LogP contribution in [-0.4, -0.2) is 26.8 Å². The number of nitrogens with zero attached hydrogens (tertiary/aromatic N) is 2. The first-order chi connectivity index (χ1) is 13.3. The van der Waals surface area contributed by atoms with Crippen LogP contribution in [0.25, 0.3) is 0 Å². The molecule has 3 rings (SSSR count). The number of aliphatic carboxylic acids is 1. The van der Waals surface area contributed by atoms with E-state index in [0.717, 1.165) is 11.3 Å². The molecule has 0 spiro atoms. The maximum atomic E-state index is 12.8. The zero-order valence-electron chi connectivity index (χ0n) is 15.6. The van der Waals surface area contributed by atoms with Crippen molar-refractivity contribution in [3.8, 4) is 0 Å². The van der Waals surface area contributed by atoms with Gasteiger partial charge in [0, 0.05) is 0 Å². The molecule has 1 amide bonds. The molecule has 1 heterocycles. The Kier molecular flexibility index (Phi) is 6.10. The Hall–Kier alpha value is -2.31. The van der Waals surface area contributed by atoms with Crippen molar-refractivity contribution in [3.05, 3.63) is 57.3 Å². The van der Waals surface area contributed by atoms with E-state index < -0.39 is 17.8 Å². The standard InChI is InChI=1S/C20H21Cl2N3O3/c1-11-18(23-19(26)14-5-3-4-6-15(14)20(27)28)12(2)25(24-11)10-13-7-8-16(21)17(22)9-13/h3-4,7-9,14-15H,5-6,10H2,1-2H3,(H,23,26)(H,27,28)/t14-,15+/m1/s1. The van der Waals surface area contributed by atoms with E-state index >= 15 is 0 Å². The van der Waals surface area contributed by atoms with Crippen LogP contribution < -0.4 is 5.32 Å². The number of carbonyl (C=O) groups is 2. The molecule has 2 aromatic rings. The van der Waals surface area contributed by atoms with Crippen molar-refractivity contribution in [1.82, 2.24) is 9.78 Å². The minimum absolute atomic E-state index is 0.294. The molecule has 0 saturated heterocycles. The average molecular weight is 422 g/mol. The van der Waals surface area contributed by atoms with Crippen LogP contribution >= 0.6 is 23.2 Å². The zero-order valence-corrected chi connectivity index (χ0v) is 17.1. The van der Waals surface area contributed by atoms with Crippen LogP contribution in [0.15, 0.2) is 30.4 Å². The van der Waals surface area contributed by atoms with Gasteiger partial charge in [-0.3, -0.25) is 14.3 Å². The molecule has 0 radical (unpaired) electrons. The van der Waals surface area contributed by atoms with E-state index in [4.69, 9.17) is 23.2 Å². The van der Waals surface area contributed by atoms with Gasteiger partial charge in [-0.2, -0.15) is 5.10 Å². The number of rotatable bonds is 5. The number of hydrogen-bond acceptors (Lipinski definition) is 3. The number of aromatic nitrogens is 2. The number of amides is 1. The van der Waals surface area contributed by atoms with E-state index in [2.05, 4.69) is 10.4 Å². The van der Waals surface area contributed by atoms with Gasteiger partial charge in [0.25, 0.3) is 0 Å². The highest BCUT2D eigenvalue weighted by Crippen LogP contribution is 2.29. The summed E-state index contributed by atoms with van der Waals surface area (Å²) >= 11 is 12.0. The number of hydrogen-bond donors (Lipinski definition) is 2. The lowest BCUT2D eigenvalue weighted by atomic mass is 9.82. The van der Waals surface area contributed by atoms with Gasteiger partial charge in [-0.25, -0.2) is 0 Å². The second-order valence-electron chi connectivity index (χ2n) is 6.94. The molecule has 8 heteroatoms. The minimum atomic E-state index is -0.951. The minimum Gasteiger partial charge on any atom is -0.481 e. The highest BCUT2D eigenvalue weighted by atomic mass is 35.5. The number of nitrogens with one attached hydrogen (secondary N) is 1. The molecule has 28 heavy (non-hydrogen) atoms. The van der Waals surface area contributed by atoms with E-state index in [1.54, 1.807) is 16.8 Å². The Labute approximate surface area is 173 Å². The smallest absolute Gasteiger partial charge is 0.307 e. The average Bonchev–Trinajstić information content (AvgIpc) is 2.92. The van der Waals surface area contributed by atoms with E-state index in [-0.39, 0.29) is 5.91 Å². The first-order valence-electron chi connectivity index (χ1n) is 8.94. The summed E-state index contributed by atoms with van der Waals surface area (Å²) in [6.45, 7) is 4.15. The lowest BCUT2D eigenvalue weighted by molar-refractivity contribution is -0.146. The number of carboxylic acid groups (broad SMARTS) is 1. The van der Waals surface area contributed by atoms with Gasteiger partial charge in [0.1, 0.15) is 0 Å². The lowest BCUT2D eigenvalue weighted by Gasteiger charge is -2.24. The Morgan fingerprint density at radius 1 is 1.18 bits per heavy atom. The summed E-state index contributed by atoms with van der Waals surface area (Å²) in [5, 5.41) is 17.7. The molecule has 0 aliphatic heterocycles. The predicted molar refractivity (Wildman–Crippen MR) is 109 cm³/mol. The van der Waals surface area contributed by atoms with Crippen LogP contribution in [-0.2, 0) is 16.1 Å². The molecule has 148 valence electrons. The third kappa shape index (κ3) is 4.23. The van der Waals surface area contributed by atoms with Gasteiger partial charge in [-0.05, 0) is 44.4 Å². The molecule has 1 aliphatic carbocycles. The van der Waals surface area contributed by atoms with E-state index in [9.17, 15) is 14.7 Å². The Morgan fingerprint density at radius 2 is 1.86 bits per heavy atom. The second-order valence-corrected chi connectivity index (χ2v) is 7.75. The van der Waals surface area contributed by atoms with E-state index in [0.29, 0.717) is 40.8 Å². The molecule has 0 fully saturated rings. The van der Waals surface area contributed by atoms with Gasteiger partial charge in [0.15, 0.2) is 0 Å². The van der Waals surface area contributed by atoms with Crippen LogP contribution in [0.4, 0.5) is 5.69 Å². The van der Waals surface area contributed by atoms with Crippen molar-refractivity contribution in [2.45, 2.75) is 33.2 Å². The number of anilines is 1. The zero-order chi connectivity index (χ0) is 20.4. The van der Waals surface area contributed by atoms with Crippen molar-refractivity contribution in [3.63, 3.8) is 0 Å². The number of carbonyl (C=O) groups excluding carboxylic acids is 1. The number of aryl methyl sites for hydroxylation is 1. The van der Waals surface area contributed by atoms with Crippen molar-refractivity contribution in [1.29, 1.82) is 0 Å². The third-order valence-corrected chi connectivity index (χ3v) is 5.77. The van der Waals surface area contributed by atoms with Crippen LogP contribution in [0, 0.1) is 25.7 Å². The highest BCUT2D eigenvalue weighted by Gasteiger charge is 2.34. The van der Waals surface area contributed by atoms with Gasteiger partial charge in [0.2, 0.25) is 5.91 Å². The molecular formula is C20H21Cl2N3O3. The maximum Gasteiger partial charge on any atom is 0.307 e. The number of allylic oxidation sites excluding steroid dienone is 2. The molecule has 6 nitrogen and oxygen atoms in total. The van der Waals surface area contributed by atoms with Crippen molar-refractivity contribution >= 4 is 40.8 Å². The molecule has 0 saturated carbocycles. The number of halogens is 2. The van der Waals surface area contributed by atoms with Crippen LogP contribution in [0.5, 0.6) is 0 Å². The van der Waals surface area contributed by atoms with Crippen LogP contribution in [0.2, 0.25) is 10.0 Å². The molecular weight excluding hydrogens is 401 g/mol. The Morgan fingerprint density at radius 3 is 2.50 bits per heavy atom. The number of benzene rings is 1. The fraction of sp³-hybridized carbons (Fsp3) is 0.350. The van der Waals surface area contributed by atoms with Crippen molar-refractivity contribution < 1.29 is 14.7 Å². The largest absolute Gasteiger partial charge is 0.481 e. The molecule has 1 aromatic heterocycles. The first-order valence-corrected chi connectivity index (χ1v) is 9.70. The van der Waals surface area contributed by atoms with Crippen molar-refractivity contribution in [2.75, 3.05) is 5.32 Å². The van der Waals surface area contributed by atoms with E-state index in [1.807, 2.05) is 32.1 Å². The normalized spacial score (nSPS) is 18.9. The van der Waals surface area contributed by atoms with Crippen molar-refractivity contribution in [2.24, 2.45) is 11.8 Å². The summed E-state index contributed by atoms with van der Waals surface area (Å²) in [6.07, 6.45) is 4.45. The third-order valence-electron chi connectivity index (χ3n) is 5.03. The molecule has 2 N–H and O–H groups in total. The first kappa shape index (κ1) is 20.4. The summed E-state index contributed by atoms with van der Waals surface area (Å²) < 4.78 is 1.78. The summed E-state index contributed by atoms with van der Waals surface area (Å²) in [6, 6.07) is 5.38. The fourth-order valence-corrected chi connectivity index (χ4v) is 3.76. The SMILES string of the molecule is Cc1nn(Cc2ccc(Cl)c(Cl)c2)c(C)c1NC(=O)[C@@H]1CC=CC[C@@H]1C(=O)O. The van der Waals surface area contributed by atoms with Gasteiger partial charge in [0.05, 0.1) is 45.5 Å². The monoisotopic (exact) mass is 421 g/mol. The molecule has 0 unspecified atom stereocenters. The van der Waals surface area contributed by atoms with Crippen LogP contribution in [0.1, 0.15) is 29.8 Å². The number of carboxylic acids is 1. The fourth-order valence-electron chi connectivity index (χ4n) is 3.44. The topological polar surface area (TPSA) is 84.2 Å². The quantitative estimate of drug-likeness (QED) is 0.697. The van der Waals surface area contributed by atoms with Gasteiger partial charge >= 0.3 is 5.97 Å². The van der Waals surface area contributed by atoms with Gasteiger partial charge in [-0.15, -0.1) is 0 Å². The predicted octanol–water partition coefficient (Wildman–Crippen LogP) is 4.46. The molecule has 1 aromatic carbocycles. The van der Waals surface area contributed by atoms with Crippen LogP contribution in [0.3, 0.4) is 0 Å². The van der Waals surface area contributed by atoms with E-state index in [1.165, 1.54) is 0 Å². The lowest BCUT2D eigenvalue weighted by Crippen LogP contribution is -2.35. The highest BCUT2D eigenvalue weighted by molar-refractivity contribution is 6.42. The summed E-state index contributed by atoms with van der Waals surface area (Å²) in [7, 11) is 0. The Bertz CT molecular complexity index is 952. The molecule has 1 aliphatic rings. The summed E-state index contributed by atoms with van der Waals surface area (Å²) in [5.41, 5.74) is 3.00.